The normalized spacial score (nSPS) is 25.7. The van der Waals surface area contributed by atoms with Crippen molar-refractivity contribution in [3.05, 3.63) is 54.4 Å². The fourth-order valence-electron chi connectivity index (χ4n) is 3.49. The van der Waals surface area contributed by atoms with Gasteiger partial charge in [0.15, 0.2) is 11.6 Å². The van der Waals surface area contributed by atoms with Gasteiger partial charge in [-0.15, -0.1) is 0 Å². The largest absolute Gasteiger partial charge is 0.550 e. The molecule has 0 unspecified atom stereocenters. The summed E-state index contributed by atoms with van der Waals surface area (Å²) in [6.45, 7) is -0.133. The lowest BCUT2D eigenvalue weighted by Crippen LogP contribution is -2.21. The van der Waals surface area contributed by atoms with E-state index in [9.17, 15) is 29.6 Å². The van der Waals surface area contributed by atoms with E-state index in [1.54, 1.807) is 18.2 Å². The van der Waals surface area contributed by atoms with E-state index in [0.29, 0.717) is 19.3 Å². The maximum absolute atomic E-state index is 13.5. The first kappa shape index (κ1) is 23.1. The maximum Gasteiger partial charge on any atom is 0.165 e. The van der Waals surface area contributed by atoms with E-state index < -0.39 is 30.1 Å². The summed E-state index contributed by atoms with van der Waals surface area (Å²) < 4.78 is 18.8. The summed E-state index contributed by atoms with van der Waals surface area (Å²) in [5.41, 5.74) is 0. The van der Waals surface area contributed by atoms with Gasteiger partial charge in [0.1, 0.15) is 12.7 Å². The van der Waals surface area contributed by atoms with E-state index in [-0.39, 0.29) is 37.0 Å². The number of carbonyl (C=O) groups is 1. The fraction of sp³-hybridized carbons (Fsp3) is 0.500. The molecular formula is C22H28FO6-. The quantitative estimate of drug-likeness (QED) is 0.377. The number of carboxylic acids is 1. The minimum absolute atomic E-state index is 0.00725. The Balaban J connectivity index is 1.84. The number of para-hydroxylation sites is 1. The van der Waals surface area contributed by atoms with Crippen molar-refractivity contribution in [2.24, 2.45) is 11.8 Å². The lowest BCUT2D eigenvalue weighted by Gasteiger charge is -2.19. The molecule has 0 aliphatic heterocycles. The highest BCUT2D eigenvalue weighted by Crippen LogP contribution is 2.36. The lowest BCUT2D eigenvalue weighted by atomic mass is 9.89. The molecule has 1 aromatic rings. The van der Waals surface area contributed by atoms with Crippen molar-refractivity contribution in [1.29, 1.82) is 0 Å². The van der Waals surface area contributed by atoms with Gasteiger partial charge in [0.2, 0.25) is 0 Å². The number of hydrogen-bond donors (Lipinski definition) is 3. The van der Waals surface area contributed by atoms with Crippen molar-refractivity contribution in [3.8, 4) is 5.75 Å². The van der Waals surface area contributed by atoms with Gasteiger partial charge < -0.3 is 30.0 Å². The third-order valence-electron chi connectivity index (χ3n) is 5.04. The molecular weight excluding hydrogens is 379 g/mol. The predicted molar refractivity (Wildman–Crippen MR) is 103 cm³/mol. The minimum Gasteiger partial charge on any atom is -0.550 e. The average Bonchev–Trinajstić information content (AvgIpc) is 2.94. The molecule has 0 bridgehead atoms. The minimum atomic E-state index is -1.07. The first-order valence-electron chi connectivity index (χ1n) is 9.83. The molecule has 1 aliphatic rings. The van der Waals surface area contributed by atoms with Gasteiger partial charge >= 0.3 is 0 Å². The summed E-state index contributed by atoms with van der Waals surface area (Å²) in [7, 11) is 0. The third kappa shape index (κ3) is 7.61. The van der Waals surface area contributed by atoms with Gasteiger partial charge in [-0.3, -0.25) is 0 Å². The van der Waals surface area contributed by atoms with Crippen molar-refractivity contribution in [3.63, 3.8) is 0 Å². The summed E-state index contributed by atoms with van der Waals surface area (Å²) in [4.78, 5) is 10.4. The molecule has 0 heterocycles. The van der Waals surface area contributed by atoms with Gasteiger partial charge in [0.05, 0.1) is 12.2 Å². The first-order chi connectivity index (χ1) is 13.9. The van der Waals surface area contributed by atoms with Gasteiger partial charge in [-0.2, -0.15) is 0 Å². The molecule has 1 aliphatic carbocycles. The molecule has 29 heavy (non-hydrogen) atoms. The zero-order valence-electron chi connectivity index (χ0n) is 16.2. The van der Waals surface area contributed by atoms with Crippen LogP contribution in [-0.2, 0) is 4.79 Å². The Morgan fingerprint density at radius 3 is 2.76 bits per heavy atom. The topological polar surface area (TPSA) is 110 Å². The van der Waals surface area contributed by atoms with Gasteiger partial charge in [0, 0.05) is 18.3 Å². The molecule has 3 N–H and O–H groups in total. The molecule has 160 valence electrons. The number of rotatable bonds is 11. The SMILES string of the molecule is O=C([O-])CCC/C=C\C[C@@H]1[C@@H](/C=C/[C@@H](O)COc2ccccc2F)[C@H](O)C[C@@H]1O. The number of aliphatic hydroxyl groups excluding tert-OH is 3. The van der Waals surface area contributed by atoms with Crippen molar-refractivity contribution < 1.29 is 34.3 Å². The summed E-state index contributed by atoms with van der Waals surface area (Å²) in [5, 5.41) is 40.9. The molecule has 2 rings (SSSR count). The van der Waals surface area contributed by atoms with E-state index in [2.05, 4.69) is 0 Å². The first-order valence-corrected chi connectivity index (χ1v) is 9.83. The molecule has 6 nitrogen and oxygen atoms in total. The Hall–Kier alpha value is -2.22. The van der Waals surface area contributed by atoms with Crippen LogP contribution < -0.4 is 9.84 Å². The molecule has 0 radical (unpaired) electrons. The second kappa shape index (κ2) is 11.7. The number of hydrogen-bond acceptors (Lipinski definition) is 6. The highest BCUT2D eigenvalue weighted by Gasteiger charge is 2.39. The number of allylic oxidation sites excluding steroid dienone is 2. The Morgan fingerprint density at radius 2 is 2.03 bits per heavy atom. The highest BCUT2D eigenvalue weighted by molar-refractivity contribution is 5.64. The molecule has 0 aromatic heterocycles. The van der Waals surface area contributed by atoms with Crippen LogP contribution in [0.15, 0.2) is 48.6 Å². The number of unbranched alkanes of at least 4 members (excludes halogenated alkanes) is 1. The zero-order valence-corrected chi connectivity index (χ0v) is 16.2. The number of aliphatic carboxylic acids is 1. The highest BCUT2D eigenvalue weighted by atomic mass is 19.1. The predicted octanol–water partition coefficient (Wildman–Crippen LogP) is 1.35. The molecule has 5 atom stereocenters. The second-order valence-electron chi connectivity index (χ2n) is 7.28. The molecule has 0 saturated heterocycles. The zero-order chi connectivity index (χ0) is 21.2. The van der Waals surface area contributed by atoms with Gasteiger partial charge in [-0.1, -0.05) is 36.4 Å². The van der Waals surface area contributed by atoms with Gasteiger partial charge in [-0.05, 0) is 43.7 Å². The molecule has 1 aromatic carbocycles. The number of benzene rings is 1. The summed E-state index contributed by atoms with van der Waals surface area (Å²) >= 11 is 0. The van der Waals surface area contributed by atoms with Crippen LogP contribution in [0.25, 0.3) is 0 Å². The number of aliphatic hydroxyl groups is 3. The Bertz CT molecular complexity index is 704. The molecule has 1 fully saturated rings. The number of halogens is 1. The van der Waals surface area contributed by atoms with E-state index in [1.807, 2.05) is 12.2 Å². The number of carbonyl (C=O) groups excluding carboxylic acids is 1. The van der Waals surface area contributed by atoms with Gasteiger partial charge in [0.25, 0.3) is 0 Å². The van der Waals surface area contributed by atoms with Crippen LogP contribution in [0, 0.1) is 17.7 Å². The second-order valence-corrected chi connectivity index (χ2v) is 7.28. The Morgan fingerprint density at radius 1 is 1.28 bits per heavy atom. The maximum atomic E-state index is 13.5. The average molecular weight is 407 g/mol. The van der Waals surface area contributed by atoms with Crippen molar-refractivity contribution in [2.75, 3.05) is 6.61 Å². The summed E-state index contributed by atoms with van der Waals surface area (Å²) in [6.07, 6.45) is 6.40. The standard InChI is InChI=1S/C22H29FO6/c23-18-8-5-6-9-21(18)29-14-15(24)11-12-17-16(19(25)13-20(17)26)7-3-1-2-4-10-22(27)28/h1,3,5-6,8-9,11-12,15-17,19-20,24-26H,2,4,7,10,13-14H2,(H,27,28)/p-1/b3-1-,12-11+/t15-,16-,17-,19+,20-/m1/s1. The van der Waals surface area contributed by atoms with E-state index in [1.165, 1.54) is 18.2 Å². The number of carboxylic acid groups (broad SMARTS) is 1. The molecule has 0 amide bonds. The van der Waals surface area contributed by atoms with Crippen LogP contribution in [0.1, 0.15) is 32.1 Å². The van der Waals surface area contributed by atoms with Crippen LogP contribution in [0.2, 0.25) is 0 Å². The van der Waals surface area contributed by atoms with Crippen LogP contribution >= 0.6 is 0 Å². The summed E-state index contributed by atoms with van der Waals surface area (Å²) in [6, 6.07) is 5.92. The van der Waals surface area contributed by atoms with Crippen molar-refractivity contribution in [1.82, 2.24) is 0 Å². The summed E-state index contributed by atoms with van der Waals surface area (Å²) in [5.74, 6) is -2.07. The van der Waals surface area contributed by atoms with E-state index >= 15 is 0 Å². The van der Waals surface area contributed by atoms with Crippen LogP contribution in [0.5, 0.6) is 5.75 Å². The van der Waals surface area contributed by atoms with Crippen LogP contribution in [-0.4, -0.2) is 46.2 Å². The Labute approximate surface area is 170 Å². The van der Waals surface area contributed by atoms with Crippen LogP contribution in [0.3, 0.4) is 0 Å². The van der Waals surface area contributed by atoms with Crippen LogP contribution in [0.4, 0.5) is 4.39 Å². The smallest absolute Gasteiger partial charge is 0.165 e. The molecule has 0 spiro atoms. The fourth-order valence-corrected chi connectivity index (χ4v) is 3.49. The Kier molecular flexibility index (Phi) is 9.31. The lowest BCUT2D eigenvalue weighted by molar-refractivity contribution is -0.305. The van der Waals surface area contributed by atoms with Crippen molar-refractivity contribution in [2.45, 2.75) is 50.4 Å². The molecule has 7 heteroatoms. The number of ether oxygens (including phenoxy) is 1. The molecule has 1 saturated carbocycles. The third-order valence-corrected chi connectivity index (χ3v) is 5.04. The van der Waals surface area contributed by atoms with Crippen molar-refractivity contribution >= 4 is 5.97 Å². The van der Waals surface area contributed by atoms with Gasteiger partial charge in [-0.25, -0.2) is 4.39 Å². The monoisotopic (exact) mass is 407 g/mol. The van der Waals surface area contributed by atoms with E-state index in [0.717, 1.165) is 0 Å². The van der Waals surface area contributed by atoms with E-state index in [4.69, 9.17) is 4.74 Å².